The SMILES string of the molecule is CCC1=C(OC)C(CC)(CC)C(=O)C(C(=O)/C=C/c2ccc(OC)c(C)c2)=C1O. The summed E-state index contributed by atoms with van der Waals surface area (Å²) in [5.41, 5.74) is 1.18. The first-order valence-electron chi connectivity index (χ1n) is 9.94. The molecule has 29 heavy (non-hydrogen) atoms. The number of carbonyl (C=O) groups is 2. The summed E-state index contributed by atoms with van der Waals surface area (Å²) in [5.74, 6) is 0.0750. The molecule has 0 aliphatic heterocycles. The van der Waals surface area contributed by atoms with Gasteiger partial charge in [0, 0.05) is 5.57 Å². The average molecular weight is 398 g/mol. The fourth-order valence-corrected chi connectivity index (χ4v) is 4.03. The van der Waals surface area contributed by atoms with Crippen molar-refractivity contribution in [2.45, 2.75) is 47.0 Å². The largest absolute Gasteiger partial charge is 0.507 e. The second-order valence-corrected chi connectivity index (χ2v) is 7.13. The van der Waals surface area contributed by atoms with Crippen molar-refractivity contribution in [3.05, 3.63) is 58.1 Å². The second kappa shape index (κ2) is 9.12. The normalized spacial score (nSPS) is 16.6. The van der Waals surface area contributed by atoms with Crippen molar-refractivity contribution >= 4 is 17.6 Å². The maximum absolute atomic E-state index is 13.3. The van der Waals surface area contributed by atoms with Crippen LogP contribution in [0.2, 0.25) is 0 Å². The number of hydrogen-bond acceptors (Lipinski definition) is 5. The first-order valence-corrected chi connectivity index (χ1v) is 9.94. The third kappa shape index (κ3) is 3.86. The van der Waals surface area contributed by atoms with Crippen LogP contribution in [0.3, 0.4) is 0 Å². The minimum Gasteiger partial charge on any atom is -0.507 e. The first kappa shape index (κ1) is 22.5. The quantitative estimate of drug-likeness (QED) is 0.487. The molecule has 0 aromatic heterocycles. The molecule has 0 atom stereocenters. The molecule has 0 bridgehead atoms. The van der Waals surface area contributed by atoms with Crippen molar-refractivity contribution < 1.29 is 24.2 Å². The molecule has 1 aliphatic rings. The van der Waals surface area contributed by atoms with Gasteiger partial charge in [0.2, 0.25) is 0 Å². The van der Waals surface area contributed by atoms with Gasteiger partial charge < -0.3 is 14.6 Å². The number of aryl methyl sites for hydroxylation is 1. The average Bonchev–Trinajstić information content (AvgIpc) is 2.72. The number of ketones is 2. The van der Waals surface area contributed by atoms with Crippen molar-refractivity contribution in [3.63, 3.8) is 0 Å². The molecule has 0 heterocycles. The lowest BCUT2D eigenvalue weighted by atomic mass is 9.68. The Balaban J connectivity index is 2.51. The highest BCUT2D eigenvalue weighted by Crippen LogP contribution is 2.46. The lowest BCUT2D eigenvalue weighted by Gasteiger charge is -2.37. The van der Waals surface area contributed by atoms with Crippen LogP contribution < -0.4 is 4.74 Å². The van der Waals surface area contributed by atoms with E-state index in [2.05, 4.69) is 0 Å². The minimum absolute atomic E-state index is 0.159. The van der Waals surface area contributed by atoms with Gasteiger partial charge in [0.15, 0.2) is 11.6 Å². The predicted octanol–water partition coefficient (Wildman–Crippen LogP) is 5.10. The topological polar surface area (TPSA) is 72.8 Å². The molecule has 0 amide bonds. The van der Waals surface area contributed by atoms with Crippen LogP contribution in [0.1, 0.15) is 51.2 Å². The van der Waals surface area contributed by atoms with Gasteiger partial charge in [-0.25, -0.2) is 0 Å². The van der Waals surface area contributed by atoms with E-state index >= 15 is 0 Å². The highest BCUT2D eigenvalue weighted by Gasteiger charge is 2.49. The molecule has 0 fully saturated rings. The Labute approximate surface area is 172 Å². The van der Waals surface area contributed by atoms with Crippen LogP contribution in [0, 0.1) is 12.3 Å². The van der Waals surface area contributed by atoms with Gasteiger partial charge >= 0.3 is 0 Å². The first-order chi connectivity index (χ1) is 13.8. The zero-order valence-corrected chi connectivity index (χ0v) is 18.1. The van der Waals surface area contributed by atoms with Crippen LogP contribution in [0.25, 0.3) is 6.08 Å². The second-order valence-electron chi connectivity index (χ2n) is 7.13. The van der Waals surface area contributed by atoms with Crippen molar-refractivity contribution in [1.29, 1.82) is 0 Å². The Morgan fingerprint density at radius 3 is 2.28 bits per heavy atom. The molecule has 1 aromatic rings. The van der Waals surface area contributed by atoms with E-state index in [4.69, 9.17) is 9.47 Å². The highest BCUT2D eigenvalue weighted by molar-refractivity contribution is 6.28. The fraction of sp³-hybridized carbons (Fsp3) is 0.417. The van der Waals surface area contributed by atoms with Gasteiger partial charge in [-0.3, -0.25) is 9.59 Å². The summed E-state index contributed by atoms with van der Waals surface area (Å²) in [5, 5.41) is 10.8. The Morgan fingerprint density at radius 1 is 1.14 bits per heavy atom. The molecule has 5 nitrogen and oxygen atoms in total. The molecule has 1 N–H and O–H groups in total. The van der Waals surface area contributed by atoms with E-state index in [1.165, 1.54) is 13.2 Å². The number of allylic oxidation sites excluding steroid dienone is 4. The maximum atomic E-state index is 13.3. The number of ether oxygens (including phenoxy) is 2. The van der Waals surface area contributed by atoms with Gasteiger partial charge in [-0.2, -0.15) is 0 Å². The number of benzene rings is 1. The number of hydrogen-bond donors (Lipinski definition) is 1. The number of aliphatic hydroxyl groups is 1. The molecule has 1 aromatic carbocycles. The maximum Gasteiger partial charge on any atom is 0.193 e. The molecule has 0 spiro atoms. The fourth-order valence-electron chi connectivity index (χ4n) is 4.03. The highest BCUT2D eigenvalue weighted by atomic mass is 16.5. The summed E-state index contributed by atoms with van der Waals surface area (Å²) in [7, 11) is 3.11. The van der Waals surface area contributed by atoms with Crippen LogP contribution in [0.4, 0.5) is 0 Å². The summed E-state index contributed by atoms with van der Waals surface area (Å²) in [6, 6.07) is 5.54. The van der Waals surface area contributed by atoms with Gasteiger partial charge in [0.05, 0.1) is 19.6 Å². The van der Waals surface area contributed by atoms with Crippen molar-refractivity contribution in [2.75, 3.05) is 14.2 Å². The Bertz CT molecular complexity index is 898. The smallest absolute Gasteiger partial charge is 0.193 e. The van der Waals surface area contributed by atoms with Gasteiger partial charge in [-0.05, 0) is 55.5 Å². The Kier molecular flexibility index (Phi) is 7.07. The number of aliphatic hydroxyl groups excluding tert-OH is 1. The Morgan fingerprint density at radius 2 is 1.79 bits per heavy atom. The molecular formula is C24H30O5. The molecule has 5 heteroatoms. The van der Waals surface area contributed by atoms with Crippen LogP contribution in [0.15, 0.2) is 46.9 Å². The molecule has 0 saturated heterocycles. The van der Waals surface area contributed by atoms with Crippen LogP contribution in [-0.2, 0) is 14.3 Å². The standard InChI is InChI=1S/C24H30O5/c1-7-17-21(26)20(22(27)24(8-2,9-3)23(17)29-6)18(25)12-10-16-11-13-19(28-5)15(4)14-16/h10-14,26H,7-9H2,1-6H3/b12-10+. The molecule has 156 valence electrons. The van der Waals surface area contributed by atoms with Gasteiger partial charge in [0.1, 0.15) is 22.8 Å². The monoisotopic (exact) mass is 398 g/mol. The summed E-state index contributed by atoms with van der Waals surface area (Å²) < 4.78 is 10.8. The van der Waals surface area contributed by atoms with Gasteiger partial charge in [-0.15, -0.1) is 0 Å². The summed E-state index contributed by atoms with van der Waals surface area (Å²) >= 11 is 0. The van der Waals surface area contributed by atoms with E-state index in [1.54, 1.807) is 13.2 Å². The zero-order chi connectivity index (χ0) is 21.8. The lowest BCUT2D eigenvalue weighted by Crippen LogP contribution is -2.40. The zero-order valence-electron chi connectivity index (χ0n) is 18.1. The Hall–Kier alpha value is -2.82. The van der Waals surface area contributed by atoms with E-state index in [-0.39, 0.29) is 17.1 Å². The van der Waals surface area contributed by atoms with E-state index < -0.39 is 11.2 Å². The molecule has 0 unspecified atom stereocenters. The molecule has 0 saturated carbocycles. The molecular weight excluding hydrogens is 368 g/mol. The van der Waals surface area contributed by atoms with Crippen LogP contribution >= 0.6 is 0 Å². The molecule has 0 radical (unpaired) electrons. The van der Waals surface area contributed by atoms with E-state index in [0.717, 1.165) is 16.9 Å². The van der Waals surface area contributed by atoms with E-state index in [0.29, 0.717) is 30.6 Å². The third-order valence-corrected chi connectivity index (χ3v) is 5.75. The van der Waals surface area contributed by atoms with Crippen molar-refractivity contribution in [3.8, 4) is 5.75 Å². The summed E-state index contributed by atoms with van der Waals surface area (Å²) in [4.78, 5) is 26.3. The van der Waals surface area contributed by atoms with Crippen LogP contribution in [0.5, 0.6) is 5.75 Å². The van der Waals surface area contributed by atoms with Crippen molar-refractivity contribution in [2.24, 2.45) is 5.41 Å². The van der Waals surface area contributed by atoms with Crippen LogP contribution in [-0.4, -0.2) is 30.9 Å². The molecule has 2 rings (SSSR count). The predicted molar refractivity (Wildman–Crippen MR) is 114 cm³/mol. The number of carbonyl (C=O) groups excluding carboxylic acids is 2. The number of rotatable bonds is 8. The number of methoxy groups -OCH3 is 2. The van der Waals surface area contributed by atoms with E-state index in [1.807, 2.05) is 45.9 Å². The summed E-state index contributed by atoms with van der Waals surface area (Å²) in [6.45, 7) is 7.58. The minimum atomic E-state index is -0.929. The third-order valence-electron chi connectivity index (χ3n) is 5.75. The van der Waals surface area contributed by atoms with Gasteiger partial charge in [0.25, 0.3) is 0 Å². The number of Topliss-reactive ketones (excluding diaryl/α,β-unsaturated/α-hetero) is 1. The van der Waals surface area contributed by atoms with Crippen molar-refractivity contribution in [1.82, 2.24) is 0 Å². The summed E-state index contributed by atoms with van der Waals surface area (Å²) in [6.07, 6.45) is 4.41. The molecule has 1 aliphatic carbocycles. The van der Waals surface area contributed by atoms with E-state index in [9.17, 15) is 14.7 Å². The lowest BCUT2D eigenvalue weighted by molar-refractivity contribution is -0.128. The van der Waals surface area contributed by atoms with Gasteiger partial charge in [-0.1, -0.05) is 32.9 Å².